The lowest BCUT2D eigenvalue weighted by Crippen LogP contribution is -2.40. The van der Waals surface area contributed by atoms with Crippen LogP contribution < -0.4 is 9.46 Å². The first-order chi connectivity index (χ1) is 16.3. The second-order valence-corrected chi connectivity index (χ2v) is 11.0. The molecule has 3 aromatic rings. The molecule has 0 amide bonds. The number of benzene rings is 3. The lowest BCUT2D eigenvalue weighted by Gasteiger charge is -2.26. The minimum Gasteiger partial charge on any atom is -0.455 e. The number of rotatable bonds is 7. The maximum absolute atomic E-state index is 13.1. The number of hydrogen-bond acceptors (Lipinski definition) is 7. The Bertz CT molecular complexity index is 1430. The van der Waals surface area contributed by atoms with Crippen LogP contribution in [-0.4, -0.2) is 47.4 Å². The molecule has 1 aliphatic rings. The predicted octanol–water partition coefficient (Wildman–Crippen LogP) is 3.17. The van der Waals surface area contributed by atoms with E-state index in [4.69, 9.17) is 14.7 Å². The van der Waals surface area contributed by atoms with Crippen molar-refractivity contribution in [3.05, 3.63) is 78.4 Å². The van der Waals surface area contributed by atoms with Crippen molar-refractivity contribution in [3.63, 3.8) is 0 Å². The molecule has 0 atom stereocenters. The smallest absolute Gasteiger partial charge is 0.262 e. The summed E-state index contributed by atoms with van der Waals surface area (Å²) in [5.74, 6) is 0.561. The molecule has 0 radical (unpaired) electrons. The van der Waals surface area contributed by atoms with Gasteiger partial charge in [0.25, 0.3) is 10.0 Å². The van der Waals surface area contributed by atoms with E-state index in [0.29, 0.717) is 5.75 Å². The summed E-state index contributed by atoms with van der Waals surface area (Å²) >= 11 is 0. The van der Waals surface area contributed by atoms with Crippen molar-refractivity contribution in [2.24, 2.45) is 0 Å². The highest BCUT2D eigenvalue weighted by molar-refractivity contribution is 7.92. The van der Waals surface area contributed by atoms with Crippen LogP contribution in [0.15, 0.2) is 82.6 Å². The Morgan fingerprint density at radius 3 is 2.32 bits per heavy atom. The second kappa shape index (κ2) is 9.82. The van der Waals surface area contributed by atoms with E-state index in [1.54, 1.807) is 30.3 Å². The SMILES string of the molecule is N#Cc1cccc(S(=O)(=O)Nc2cc(S(=O)(=O)N3CCOCC3)ccc2Oc2ccccc2)c1. The number of nitriles is 1. The topological polar surface area (TPSA) is 126 Å². The summed E-state index contributed by atoms with van der Waals surface area (Å²) in [6, 6.07) is 20.1. The molecule has 4 rings (SSSR count). The fourth-order valence-electron chi connectivity index (χ4n) is 3.33. The number of para-hydroxylation sites is 1. The van der Waals surface area contributed by atoms with Crippen LogP contribution in [0.4, 0.5) is 5.69 Å². The Balaban J connectivity index is 1.75. The summed E-state index contributed by atoms with van der Waals surface area (Å²) in [5.41, 5.74) is 0.118. The van der Waals surface area contributed by atoms with Gasteiger partial charge in [0.15, 0.2) is 5.75 Å². The quantitative estimate of drug-likeness (QED) is 0.529. The first-order valence-electron chi connectivity index (χ1n) is 10.3. The number of ether oxygens (including phenoxy) is 2. The third-order valence-corrected chi connectivity index (χ3v) is 8.31. The van der Waals surface area contributed by atoms with Gasteiger partial charge in [0, 0.05) is 13.1 Å². The summed E-state index contributed by atoms with van der Waals surface area (Å²) in [6.07, 6.45) is 0. The first-order valence-corrected chi connectivity index (χ1v) is 13.2. The van der Waals surface area contributed by atoms with Gasteiger partial charge >= 0.3 is 0 Å². The molecule has 1 fully saturated rings. The highest BCUT2D eigenvalue weighted by Crippen LogP contribution is 2.34. The molecule has 0 unspecified atom stereocenters. The molecule has 1 saturated heterocycles. The Kier molecular flexibility index (Phi) is 6.85. The van der Waals surface area contributed by atoms with Crippen molar-refractivity contribution in [3.8, 4) is 17.6 Å². The van der Waals surface area contributed by atoms with E-state index >= 15 is 0 Å². The average molecular weight is 500 g/mol. The van der Waals surface area contributed by atoms with Gasteiger partial charge < -0.3 is 9.47 Å². The normalized spacial score (nSPS) is 14.8. The number of nitrogens with zero attached hydrogens (tertiary/aromatic N) is 2. The summed E-state index contributed by atoms with van der Waals surface area (Å²) in [6.45, 7) is 0.964. The zero-order valence-electron chi connectivity index (χ0n) is 17.9. The minimum absolute atomic E-state index is 0.0550. The lowest BCUT2D eigenvalue weighted by molar-refractivity contribution is 0.0730. The fraction of sp³-hybridized carbons (Fsp3) is 0.174. The molecule has 0 aromatic heterocycles. The van der Waals surface area contributed by atoms with Crippen molar-refractivity contribution in [2.45, 2.75) is 9.79 Å². The lowest BCUT2D eigenvalue weighted by atomic mass is 10.2. The number of nitrogens with one attached hydrogen (secondary N) is 1. The Morgan fingerprint density at radius 1 is 0.882 bits per heavy atom. The zero-order chi connectivity index (χ0) is 24.2. The van der Waals surface area contributed by atoms with Crippen LogP contribution in [0.3, 0.4) is 0 Å². The highest BCUT2D eigenvalue weighted by Gasteiger charge is 2.28. The molecule has 1 N–H and O–H groups in total. The number of sulfonamides is 2. The van der Waals surface area contributed by atoms with Crippen LogP contribution in [0.2, 0.25) is 0 Å². The van der Waals surface area contributed by atoms with Crippen LogP contribution in [0.25, 0.3) is 0 Å². The summed E-state index contributed by atoms with van der Waals surface area (Å²) in [4.78, 5) is -0.225. The van der Waals surface area contributed by atoms with E-state index in [9.17, 15) is 16.8 Å². The third kappa shape index (κ3) is 5.21. The van der Waals surface area contributed by atoms with E-state index in [1.165, 1.54) is 46.8 Å². The van der Waals surface area contributed by atoms with Crippen LogP contribution in [0.1, 0.15) is 5.56 Å². The first kappa shape index (κ1) is 23.7. The monoisotopic (exact) mass is 499 g/mol. The number of hydrogen-bond donors (Lipinski definition) is 1. The Morgan fingerprint density at radius 2 is 1.62 bits per heavy atom. The zero-order valence-corrected chi connectivity index (χ0v) is 19.6. The van der Waals surface area contributed by atoms with Gasteiger partial charge in [-0.25, -0.2) is 16.8 Å². The van der Waals surface area contributed by atoms with E-state index in [-0.39, 0.29) is 53.1 Å². The Labute approximate surface area is 198 Å². The predicted molar refractivity (Wildman–Crippen MR) is 125 cm³/mol. The summed E-state index contributed by atoms with van der Waals surface area (Å²) in [7, 11) is -8.04. The van der Waals surface area contributed by atoms with Crippen molar-refractivity contribution < 1.29 is 26.3 Å². The van der Waals surface area contributed by atoms with Gasteiger partial charge in [-0.1, -0.05) is 24.3 Å². The number of anilines is 1. The van der Waals surface area contributed by atoms with Gasteiger partial charge in [-0.3, -0.25) is 4.72 Å². The molecule has 34 heavy (non-hydrogen) atoms. The van der Waals surface area contributed by atoms with Gasteiger partial charge in [-0.05, 0) is 48.5 Å². The standard InChI is InChI=1S/C23H21N3O6S2/c24-17-18-5-4-8-20(15-18)33(27,28)25-22-16-21(34(29,30)26-11-13-31-14-12-26)9-10-23(22)32-19-6-2-1-3-7-19/h1-10,15-16,25H,11-14H2. The number of morpholine rings is 1. The van der Waals surface area contributed by atoms with Gasteiger partial charge in [0.2, 0.25) is 10.0 Å². The molecule has 0 spiro atoms. The van der Waals surface area contributed by atoms with Crippen LogP contribution >= 0.6 is 0 Å². The molecule has 0 aliphatic carbocycles. The molecule has 3 aromatic carbocycles. The summed E-state index contributed by atoms with van der Waals surface area (Å²) in [5, 5.41) is 9.11. The minimum atomic E-state index is -4.16. The van der Waals surface area contributed by atoms with Gasteiger partial charge in [-0.15, -0.1) is 0 Å². The van der Waals surface area contributed by atoms with Gasteiger partial charge in [0.1, 0.15) is 5.75 Å². The fourth-order valence-corrected chi connectivity index (χ4v) is 5.87. The van der Waals surface area contributed by atoms with Crippen LogP contribution in [0.5, 0.6) is 11.5 Å². The molecule has 176 valence electrons. The molecule has 1 aliphatic heterocycles. The highest BCUT2D eigenvalue weighted by atomic mass is 32.2. The second-order valence-electron chi connectivity index (χ2n) is 7.33. The molecule has 1 heterocycles. The van der Waals surface area contributed by atoms with Gasteiger partial charge in [0.05, 0.1) is 40.3 Å². The largest absolute Gasteiger partial charge is 0.455 e. The van der Waals surface area contributed by atoms with E-state index < -0.39 is 20.0 Å². The van der Waals surface area contributed by atoms with Crippen LogP contribution in [0, 0.1) is 11.3 Å². The molecule has 0 saturated carbocycles. The maximum atomic E-state index is 13.1. The van der Waals surface area contributed by atoms with E-state index in [0.717, 1.165) is 0 Å². The van der Waals surface area contributed by atoms with Crippen LogP contribution in [-0.2, 0) is 24.8 Å². The Hall–Kier alpha value is -3.43. The van der Waals surface area contributed by atoms with Gasteiger partial charge in [-0.2, -0.15) is 9.57 Å². The third-order valence-electron chi connectivity index (χ3n) is 5.05. The average Bonchev–Trinajstić information content (AvgIpc) is 2.86. The van der Waals surface area contributed by atoms with Crippen molar-refractivity contribution in [1.29, 1.82) is 5.26 Å². The van der Waals surface area contributed by atoms with Crippen molar-refractivity contribution in [2.75, 3.05) is 31.0 Å². The van der Waals surface area contributed by atoms with E-state index in [2.05, 4.69) is 4.72 Å². The summed E-state index contributed by atoms with van der Waals surface area (Å²) < 4.78 is 67.2. The van der Waals surface area contributed by atoms with Crippen molar-refractivity contribution in [1.82, 2.24) is 4.31 Å². The molecular formula is C23H21N3O6S2. The maximum Gasteiger partial charge on any atom is 0.262 e. The molecular weight excluding hydrogens is 478 g/mol. The van der Waals surface area contributed by atoms with E-state index in [1.807, 2.05) is 6.07 Å². The molecule has 9 nitrogen and oxygen atoms in total. The van der Waals surface area contributed by atoms with Crippen molar-refractivity contribution >= 4 is 25.7 Å². The molecule has 0 bridgehead atoms. The molecule has 11 heteroatoms.